The van der Waals surface area contributed by atoms with Crippen LogP contribution in [0.2, 0.25) is 0 Å². The van der Waals surface area contributed by atoms with Crippen molar-refractivity contribution in [3.05, 3.63) is 42.5 Å². The smallest absolute Gasteiger partial charge is 0.254 e. The summed E-state index contributed by atoms with van der Waals surface area (Å²) in [5, 5.41) is 13.0. The highest BCUT2D eigenvalue weighted by Gasteiger charge is 2.30. The number of piperidine rings is 1. The fourth-order valence-electron chi connectivity index (χ4n) is 3.47. The zero-order valence-corrected chi connectivity index (χ0v) is 14.4. The predicted molar refractivity (Wildman–Crippen MR) is 96.4 cm³/mol. The molecule has 0 aromatic heterocycles. The molecule has 25 heavy (non-hydrogen) atoms. The van der Waals surface area contributed by atoms with Crippen molar-refractivity contribution < 1.29 is 14.7 Å². The van der Waals surface area contributed by atoms with Gasteiger partial charge in [-0.25, -0.2) is 0 Å². The number of benzene rings is 1. The molecule has 0 bridgehead atoms. The molecule has 2 atom stereocenters. The van der Waals surface area contributed by atoms with E-state index in [2.05, 4.69) is 11.9 Å². The molecule has 0 radical (unpaired) electrons. The number of amides is 2. The maximum absolute atomic E-state index is 12.6. The Hall–Kier alpha value is -2.34. The highest BCUT2D eigenvalue weighted by molar-refractivity contribution is 5.95. The topological polar surface area (TPSA) is 72.9 Å². The van der Waals surface area contributed by atoms with Gasteiger partial charge in [0.05, 0.1) is 6.10 Å². The number of hydrogen-bond acceptors (Lipinski definition) is 4. The lowest BCUT2D eigenvalue weighted by molar-refractivity contribution is -0.127. The lowest BCUT2D eigenvalue weighted by atomic mass is 10.1. The number of carbonyl (C=O) groups excluding carboxylic acids is 2. The first kappa shape index (κ1) is 17.5. The molecule has 2 saturated heterocycles. The number of nitrogens with one attached hydrogen (secondary N) is 1. The number of aliphatic hydroxyl groups excluding tert-OH is 1. The van der Waals surface area contributed by atoms with Crippen molar-refractivity contribution in [3.63, 3.8) is 0 Å². The first-order chi connectivity index (χ1) is 12.1. The second-order valence-corrected chi connectivity index (χ2v) is 6.69. The van der Waals surface area contributed by atoms with Crippen molar-refractivity contribution >= 4 is 17.5 Å². The molecule has 0 aliphatic carbocycles. The van der Waals surface area contributed by atoms with Gasteiger partial charge in [0, 0.05) is 37.4 Å². The maximum atomic E-state index is 12.6. The Kier molecular flexibility index (Phi) is 5.38. The molecule has 0 saturated carbocycles. The number of rotatable bonds is 5. The summed E-state index contributed by atoms with van der Waals surface area (Å²) in [5.74, 6) is -0.00999. The Bertz CT molecular complexity index is 661. The third kappa shape index (κ3) is 4.02. The van der Waals surface area contributed by atoms with Gasteiger partial charge in [0.1, 0.15) is 6.04 Å². The Morgan fingerprint density at radius 1 is 1.36 bits per heavy atom. The van der Waals surface area contributed by atoms with Gasteiger partial charge in [0.2, 0.25) is 5.91 Å². The molecular formula is C19H25N3O3. The normalized spacial score (nSPS) is 23.6. The number of aliphatic hydroxyl groups is 1. The van der Waals surface area contributed by atoms with Crippen LogP contribution in [0.25, 0.3) is 0 Å². The fraction of sp³-hybridized carbons (Fsp3) is 0.474. The van der Waals surface area contributed by atoms with Crippen LogP contribution in [-0.2, 0) is 4.79 Å². The average Bonchev–Trinajstić information content (AvgIpc) is 2.95. The third-order valence-corrected chi connectivity index (χ3v) is 4.78. The molecule has 2 N–H and O–H groups in total. The molecular weight excluding hydrogens is 318 g/mol. The van der Waals surface area contributed by atoms with Crippen LogP contribution in [0.1, 0.15) is 29.6 Å². The van der Waals surface area contributed by atoms with E-state index in [1.165, 1.54) is 0 Å². The molecule has 0 spiro atoms. The van der Waals surface area contributed by atoms with Gasteiger partial charge < -0.3 is 20.2 Å². The Balaban J connectivity index is 1.66. The highest BCUT2D eigenvalue weighted by atomic mass is 16.3. The van der Waals surface area contributed by atoms with Gasteiger partial charge in [-0.15, -0.1) is 6.58 Å². The Labute approximate surface area is 148 Å². The lowest BCUT2D eigenvalue weighted by Gasteiger charge is -2.30. The van der Waals surface area contributed by atoms with Gasteiger partial charge in [-0.2, -0.15) is 0 Å². The number of likely N-dealkylation sites (tertiary alicyclic amines) is 2. The quantitative estimate of drug-likeness (QED) is 0.795. The molecule has 0 unspecified atom stereocenters. The minimum Gasteiger partial charge on any atom is -0.391 e. The summed E-state index contributed by atoms with van der Waals surface area (Å²) < 4.78 is 0. The maximum Gasteiger partial charge on any atom is 0.254 e. The summed E-state index contributed by atoms with van der Waals surface area (Å²) in [6, 6.07) is 6.98. The van der Waals surface area contributed by atoms with Gasteiger partial charge >= 0.3 is 0 Å². The molecule has 2 fully saturated rings. The fourth-order valence-corrected chi connectivity index (χ4v) is 3.47. The first-order valence-corrected chi connectivity index (χ1v) is 8.82. The minimum atomic E-state index is -0.439. The summed E-state index contributed by atoms with van der Waals surface area (Å²) >= 11 is 0. The molecule has 6 heteroatoms. The van der Waals surface area contributed by atoms with Crippen molar-refractivity contribution in [3.8, 4) is 0 Å². The van der Waals surface area contributed by atoms with Crippen LogP contribution < -0.4 is 5.32 Å². The van der Waals surface area contributed by atoms with Crippen LogP contribution in [0.5, 0.6) is 0 Å². The van der Waals surface area contributed by atoms with E-state index in [0.717, 1.165) is 24.9 Å². The molecule has 2 aliphatic heterocycles. The van der Waals surface area contributed by atoms with Crippen LogP contribution >= 0.6 is 0 Å². The Morgan fingerprint density at radius 2 is 2.20 bits per heavy atom. The van der Waals surface area contributed by atoms with Crippen molar-refractivity contribution in [1.82, 2.24) is 9.80 Å². The number of carbonyl (C=O) groups is 2. The van der Waals surface area contributed by atoms with E-state index in [-0.39, 0.29) is 17.9 Å². The minimum absolute atomic E-state index is 0.0655. The van der Waals surface area contributed by atoms with E-state index in [4.69, 9.17) is 0 Å². The van der Waals surface area contributed by atoms with Crippen LogP contribution in [-0.4, -0.2) is 65.0 Å². The standard InChI is InChI=1S/C19H25N3O3/c1-2-9-21-11-8-17(19(21)25)20-15-6-3-5-14(12-15)18(24)22-10-4-7-16(23)13-22/h2-3,5-6,12,16-17,20,23H,1,4,7-11,13H2/t16-,17-/m0/s1. The lowest BCUT2D eigenvalue weighted by Crippen LogP contribution is -2.42. The van der Waals surface area contributed by atoms with E-state index >= 15 is 0 Å². The largest absolute Gasteiger partial charge is 0.391 e. The van der Waals surface area contributed by atoms with Gasteiger partial charge in [-0.3, -0.25) is 9.59 Å². The van der Waals surface area contributed by atoms with E-state index in [1.807, 2.05) is 12.1 Å². The monoisotopic (exact) mass is 343 g/mol. The van der Waals surface area contributed by atoms with Gasteiger partial charge in [-0.1, -0.05) is 12.1 Å². The van der Waals surface area contributed by atoms with Crippen molar-refractivity contribution in [2.45, 2.75) is 31.4 Å². The number of anilines is 1. The molecule has 1 aromatic carbocycles. The number of β-amino-alcohol motifs (C(OH)–C–C–N with tert-alkyl or cyclic N) is 1. The average molecular weight is 343 g/mol. The summed E-state index contributed by atoms with van der Waals surface area (Å²) in [4.78, 5) is 28.4. The molecule has 134 valence electrons. The SMILES string of the molecule is C=CCN1CC[C@H](Nc2cccc(C(=O)N3CCC[C@H](O)C3)c2)C1=O. The van der Waals surface area contributed by atoms with Crippen molar-refractivity contribution in [2.75, 3.05) is 31.5 Å². The molecule has 2 amide bonds. The van der Waals surface area contributed by atoms with Crippen LogP contribution in [0.3, 0.4) is 0 Å². The summed E-state index contributed by atoms with van der Waals surface area (Å²) in [6.45, 7) is 6.01. The van der Waals surface area contributed by atoms with Crippen molar-refractivity contribution in [1.29, 1.82) is 0 Å². The van der Waals surface area contributed by atoms with E-state index in [9.17, 15) is 14.7 Å². The zero-order valence-electron chi connectivity index (χ0n) is 14.4. The molecule has 2 heterocycles. The summed E-state index contributed by atoms with van der Waals surface area (Å²) in [7, 11) is 0. The van der Waals surface area contributed by atoms with Crippen LogP contribution in [0, 0.1) is 0 Å². The van der Waals surface area contributed by atoms with Crippen molar-refractivity contribution in [2.24, 2.45) is 0 Å². The molecule has 6 nitrogen and oxygen atoms in total. The van der Waals surface area contributed by atoms with Gasteiger partial charge in [-0.05, 0) is 37.5 Å². The summed E-state index contributed by atoms with van der Waals surface area (Å²) in [6.07, 6.45) is 3.60. The summed E-state index contributed by atoms with van der Waals surface area (Å²) in [5.41, 5.74) is 1.34. The Morgan fingerprint density at radius 3 is 2.96 bits per heavy atom. The van der Waals surface area contributed by atoms with E-state index in [0.29, 0.717) is 31.7 Å². The van der Waals surface area contributed by atoms with Crippen LogP contribution in [0.15, 0.2) is 36.9 Å². The molecule has 2 aliphatic rings. The molecule has 3 rings (SSSR count). The van der Waals surface area contributed by atoms with Gasteiger partial charge in [0.25, 0.3) is 5.91 Å². The number of hydrogen-bond donors (Lipinski definition) is 2. The molecule has 1 aromatic rings. The first-order valence-electron chi connectivity index (χ1n) is 8.82. The van der Waals surface area contributed by atoms with Crippen LogP contribution in [0.4, 0.5) is 5.69 Å². The second-order valence-electron chi connectivity index (χ2n) is 6.69. The highest BCUT2D eigenvalue weighted by Crippen LogP contribution is 2.20. The zero-order chi connectivity index (χ0) is 17.8. The predicted octanol–water partition coefficient (Wildman–Crippen LogP) is 1.48. The third-order valence-electron chi connectivity index (χ3n) is 4.78. The second kappa shape index (κ2) is 7.70. The van der Waals surface area contributed by atoms with E-state index < -0.39 is 6.10 Å². The van der Waals surface area contributed by atoms with Gasteiger partial charge in [0.15, 0.2) is 0 Å². The number of nitrogens with zero attached hydrogens (tertiary/aromatic N) is 2. The van der Waals surface area contributed by atoms with E-state index in [1.54, 1.807) is 28.0 Å².